The fraction of sp³-hybridized carbons (Fsp3) is 0.667. The Morgan fingerprint density at radius 3 is 2.45 bits per heavy atom. The maximum absolute atomic E-state index is 13.6. The van der Waals surface area contributed by atoms with Crippen molar-refractivity contribution in [2.75, 3.05) is 26.2 Å². The summed E-state index contributed by atoms with van der Waals surface area (Å²) in [5.41, 5.74) is 2.10. The molecule has 0 amide bonds. The van der Waals surface area contributed by atoms with E-state index in [2.05, 4.69) is 16.3 Å². The van der Waals surface area contributed by atoms with Gasteiger partial charge in [-0.3, -0.25) is 4.90 Å². The minimum Gasteiger partial charge on any atom is -0.314 e. The second-order valence-corrected chi connectivity index (χ2v) is 6.64. The highest BCUT2D eigenvalue weighted by Crippen LogP contribution is 2.38. The SMILES string of the molecule is Cc1cc([C@H](C2CCCCC2)N2CCNCC2)ccc1F.Cl. The van der Waals surface area contributed by atoms with Crippen LogP contribution in [0.3, 0.4) is 0 Å². The van der Waals surface area contributed by atoms with Gasteiger partial charge in [0.15, 0.2) is 0 Å². The Hall–Kier alpha value is -0.640. The van der Waals surface area contributed by atoms with Gasteiger partial charge < -0.3 is 5.32 Å². The standard InChI is InChI=1S/C18H27FN2.ClH/c1-14-13-16(7-8-17(14)19)18(15-5-3-2-4-6-15)21-11-9-20-10-12-21;/h7-8,13,15,18,20H,2-6,9-12H2,1H3;1H/t18-;/m0./s1. The van der Waals surface area contributed by atoms with Crippen LogP contribution in [0.2, 0.25) is 0 Å². The lowest BCUT2D eigenvalue weighted by Gasteiger charge is -2.41. The molecule has 0 spiro atoms. The van der Waals surface area contributed by atoms with Crippen LogP contribution in [-0.4, -0.2) is 31.1 Å². The average molecular weight is 327 g/mol. The van der Waals surface area contributed by atoms with Gasteiger partial charge in [0.25, 0.3) is 0 Å². The number of nitrogens with zero attached hydrogens (tertiary/aromatic N) is 1. The van der Waals surface area contributed by atoms with Gasteiger partial charge in [-0.2, -0.15) is 0 Å². The predicted molar refractivity (Wildman–Crippen MR) is 92.1 cm³/mol. The number of halogens is 2. The predicted octanol–water partition coefficient (Wildman–Crippen LogP) is 4.08. The van der Waals surface area contributed by atoms with E-state index in [0.717, 1.165) is 37.7 Å². The monoisotopic (exact) mass is 326 g/mol. The normalized spacial score (nSPS) is 22.1. The van der Waals surface area contributed by atoms with Gasteiger partial charge in [-0.1, -0.05) is 31.4 Å². The van der Waals surface area contributed by atoms with Gasteiger partial charge in [0.2, 0.25) is 0 Å². The zero-order valence-electron chi connectivity index (χ0n) is 13.5. The van der Waals surface area contributed by atoms with Crippen molar-refractivity contribution >= 4 is 12.4 Å². The van der Waals surface area contributed by atoms with Crippen molar-refractivity contribution in [3.05, 3.63) is 35.1 Å². The molecule has 1 N–H and O–H groups in total. The molecule has 0 aromatic heterocycles. The molecule has 1 aliphatic heterocycles. The molecule has 4 heteroatoms. The van der Waals surface area contributed by atoms with Crippen LogP contribution in [0.1, 0.15) is 49.3 Å². The van der Waals surface area contributed by atoms with E-state index in [9.17, 15) is 4.39 Å². The Morgan fingerprint density at radius 2 is 1.82 bits per heavy atom. The van der Waals surface area contributed by atoms with E-state index < -0.39 is 0 Å². The minimum atomic E-state index is -0.0820. The van der Waals surface area contributed by atoms with Crippen molar-refractivity contribution in [2.24, 2.45) is 5.92 Å². The zero-order valence-corrected chi connectivity index (χ0v) is 14.3. The maximum Gasteiger partial charge on any atom is 0.126 e. The molecule has 1 saturated carbocycles. The quantitative estimate of drug-likeness (QED) is 0.900. The lowest BCUT2D eigenvalue weighted by molar-refractivity contribution is 0.103. The van der Waals surface area contributed by atoms with Gasteiger partial charge in [-0.25, -0.2) is 4.39 Å². The first-order valence-corrected chi connectivity index (χ1v) is 8.46. The molecule has 1 atom stereocenters. The van der Waals surface area contributed by atoms with Crippen LogP contribution in [-0.2, 0) is 0 Å². The van der Waals surface area contributed by atoms with Crippen LogP contribution < -0.4 is 5.32 Å². The summed E-state index contributed by atoms with van der Waals surface area (Å²) in [5, 5.41) is 3.44. The number of hydrogen-bond acceptors (Lipinski definition) is 2. The summed E-state index contributed by atoms with van der Waals surface area (Å²) in [6.07, 6.45) is 6.74. The van der Waals surface area contributed by atoms with Gasteiger partial charge in [0.05, 0.1) is 0 Å². The average Bonchev–Trinajstić information content (AvgIpc) is 2.53. The van der Waals surface area contributed by atoms with E-state index in [1.807, 2.05) is 13.0 Å². The largest absolute Gasteiger partial charge is 0.314 e. The lowest BCUT2D eigenvalue weighted by Crippen LogP contribution is -2.47. The summed E-state index contributed by atoms with van der Waals surface area (Å²) in [6, 6.07) is 6.23. The van der Waals surface area contributed by atoms with Gasteiger partial charge in [0.1, 0.15) is 5.82 Å². The van der Waals surface area contributed by atoms with Gasteiger partial charge in [-0.15, -0.1) is 12.4 Å². The molecular weight excluding hydrogens is 299 g/mol. The smallest absolute Gasteiger partial charge is 0.126 e. The Labute approximate surface area is 139 Å². The van der Waals surface area contributed by atoms with E-state index in [4.69, 9.17) is 0 Å². The molecule has 3 rings (SSSR count). The third-order valence-corrected chi connectivity index (χ3v) is 5.16. The van der Waals surface area contributed by atoms with Crippen molar-refractivity contribution in [3.8, 4) is 0 Å². The van der Waals surface area contributed by atoms with Crippen molar-refractivity contribution in [3.63, 3.8) is 0 Å². The summed E-state index contributed by atoms with van der Waals surface area (Å²) in [5.74, 6) is 0.656. The number of aryl methyl sites for hydroxylation is 1. The molecule has 0 bridgehead atoms. The van der Waals surface area contributed by atoms with Gasteiger partial charge in [0, 0.05) is 32.2 Å². The van der Waals surface area contributed by atoms with E-state index in [1.165, 1.54) is 37.7 Å². The molecule has 0 radical (unpaired) electrons. The van der Waals surface area contributed by atoms with Gasteiger partial charge >= 0.3 is 0 Å². The maximum atomic E-state index is 13.6. The highest BCUT2D eigenvalue weighted by Gasteiger charge is 2.31. The summed E-state index contributed by atoms with van der Waals surface area (Å²) in [4.78, 5) is 2.62. The molecule has 2 aliphatic rings. The molecular formula is C18H28ClFN2. The Morgan fingerprint density at radius 1 is 1.14 bits per heavy atom. The van der Waals surface area contributed by atoms with Crippen LogP contribution in [0, 0.1) is 18.7 Å². The van der Waals surface area contributed by atoms with Crippen molar-refractivity contribution in [2.45, 2.75) is 45.1 Å². The van der Waals surface area contributed by atoms with E-state index in [-0.39, 0.29) is 18.2 Å². The Bertz CT molecular complexity index is 450. The van der Waals surface area contributed by atoms with Crippen LogP contribution >= 0.6 is 12.4 Å². The van der Waals surface area contributed by atoms with Gasteiger partial charge in [-0.05, 0) is 42.9 Å². The first-order chi connectivity index (χ1) is 10.3. The van der Waals surface area contributed by atoms with Crippen LogP contribution in [0.4, 0.5) is 4.39 Å². The van der Waals surface area contributed by atoms with E-state index in [1.54, 1.807) is 6.07 Å². The molecule has 124 valence electrons. The summed E-state index contributed by atoms with van der Waals surface area (Å²) < 4.78 is 13.6. The third-order valence-electron chi connectivity index (χ3n) is 5.16. The van der Waals surface area contributed by atoms with Crippen LogP contribution in [0.25, 0.3) is 0 Å². The highest BCUT2D eigenvalue weighted by molar-refractivity contribution is 5.85. The lowest BCUT2D eigenvalue weighted by atomic mass is 9.80. The number of hydrogen-bond donors (Lipinski definition) is 1. The number of benzene rings is 1. The molecule has 2 fully saturated rings. The number of piperazine rings is 1. The first kappa shape index (κ1) is 17.7. The molecule has 2 nitrogen and oxygen atoms in total. The van der Waals surface area contributed by atoms with E-state index in [0.29, 0.717) is 6.04 Å². The topological polar surface area (TPSA) is 15.3 Å². The molecule has 22 heavy (non-hydrogen) atoms. The fourth-order valence-electron chi connectivity index (χ4n) is 4.04. The molecule has 1 heterocycles. The molecule has 1 aromatic rings. The Kier molecular flexibility index (Phi) is 6.66. The zero-order chi connectivity index (χ0) is 14.7. The van der Waals surface area contributed by atoms with E-state index >= 15 is 0 Å². The first-order valence-electron chi connectivity index (χ1n) is 8.46. The van der Waals surface area contributed by atoms with Crippen molar-refractivity contribution in [1.29, 1.82) is 0 Å². The molecule has 1 aromatic carbocycles. The van der Waals surface area contributed by atoms with Crippen molar-refractivity contribution < 1.29 is 4.39 Å². The second-order valence-electron chi connectivity index (χ2n) is 6.64. The molecule has 0 unspecified atom stereocenters. The Balaban J connectivity index is 0.00000176. The van der Waals surface area contributed by atoms with Crippen LogP contribution in [0.15, 0.2) is 18.2 Å². The number of nitrogens with one attached hydrogen (secondary N) is 1. The second kappa shape index (κ2) is 8.28. The fourth-order valence-corrected chi connectivity index (χ4v) is 4.04. The molecule has 1 saturated heterocycles. The van der Waals surface area contributed by atoms with Crippen molar-refractivity contribution in [1.82, 2.24) is 10.2 Å². The number of rotatable bonds is 3. The highest BCUT2D eigenvalue weighted by atomic mass is 35.5. The minimum absolute atomic E-state index is 0. The summed E-state index contributed by atoms with van der Waals surface area (Å²) in [6.45, 7) is 6.25. The third kappa shape index (κ3) is 4.01. The van der Waals surface area contributed by atoms with Crippen LogP contribution in [0.5, 0.6) is 0 Å². The summed E-state index contributed by atoms with van der Waals surface area (Å²) >= 11 is 0. The summed E-state index contributed by atoms with van der Waals surface area (Å²) in [7, 11) is 0. The molecule has 1 aliphatic carbocycles.